The number of aliphatic carboxylic acids is 1. The lowest BCUT2D eigenvalue weighted by Gasteiger charge is -2.34. The van der Waals surface area contributed by atoms with Crippen LogP contribution in [-0.4, -0.2) is 11.1 Å². The average molecular weight is 180 g/mol. The zero-order valence-electron chi connectivity index (χ0n) is 8.05. The lowest BCUT2D eigenvalue weighted by atomic mass is 9.70. The number of carbonyl (C=O) groups is 1. The van der Waals surface area contributed by atoms with Crippen LogP contribution in [-0.2, 0) is 4.79 Å². The van der Waals surface area contributed by atoms with Gasteiger partial charge < -0.3 is 5.11 Å². The highest BCUT2D eigenvalue weighted by atomic mass is 16.4. The molecule has 0 saturated heterocycles. The molecule has 2 heteroatoms. The Balaban J connectivity index is 2.22. The van der Waals surface area contributed by atoms with E-state index in [4.69, 9.17) is 5.11 Å². The summed E-state index contributed by atoms with van der Waals surface area (Å²) in [6.45, 7) is 6.16. The highest BCUT2D eigenvalue weighted by Gasteiger charge is 2.51. The minimum Gasteiger partial charge on any atom is -0.481 e. The first-order valence-electron chi connectivity index (χ1n) is 4.95. The van der Waals surface area contributed by atoms with Crippen LogP contribution in [0.4, 0.5) is 0 Å². The van der Waals surface area contributed by atoms with Crippen LogP contribution < -0.4 is 0 Å². The molecule has 72 valence electrons. The van der Waals surface area contributed by atoms with Crippen LogP contribution in [0.1, 0.15) is 32.6 Å². The zero-order chi connectivity index (χ0) is 9.64. The van der Waals surface area contributed by atoms with Crippen LogP contribution in [0.15, 0.2) is 12.2 Å². The van der Waals surface area contributed by atoms with Gasteiger partial charge in [0.05, 0.1) is 6.42 Å². The number of carboxylic acid groups (broad SMARTS) is 1. The molecule has 13 heavy (non-hydrogen) atoms. The predicted molar refractivity (Wildman–Crippen MR) is 50.3 cm³/mol. The van der Waals surface area contributed by atoms with Crippen molar-refractivity contribution in [1.82, 2.24) is 0 Å². The molecule has 0 amide bonds. The van der Waals surface area contributed by atoms with E-state index >= 15 is 0 Å². The van der Waals surface area contributed by atoms with Gasteiger partial charge in [-0.15, -0.1) is 0 Å². The molecule has 3 unspecified atom stereocenters. The van der Waals surface area contributed by atoms with Crippen LogP contribution in [0.2, 0.25) is 0 Å². The molecule has 1 N–H and O–H groups in total. The van der Waals surface area contributed by atoms with Crippen molar-refractivity contribution in [2.75, 3.05) is 0 Å². The van der Waals surface area contributed by atoms with Crippen LogP contribution in [0.5, 0.6) is 0 Å². The quantitative estimate of drug-likeness (QED) is 0.663. The maximum atomic E-state index is 10.7. The van der Waals surface area contributed by atoms with Crippen molar-refractivity contribution < 1.29 is 9.90 Å². The van der Waals surface area contributed by atoms with Gasteiger partial charge in [-0.25, -0.2) is 0 Å². The Morgan fingerprint density at radius 2 is 2.38 bits per heavy atom. The molecule has 2 rings (SSSR count). The first-order chi connectivity index (χ1) is 6.04. The molecule has 2 nitrogen and oxygen atoms in total. The Labute approximate surface area is 78.6 Å². The monoisotopic (exact) mass is 180 g/mol. The van der Waals surface area contributed by atoms with Crippen molar-refractivity contribution in [1.29, 1.82) is 0 Å². The average Bonchev–Trinajstić information content (AvgIpc) is 2.54. The number of fused-ring (bicyclic) bond motifs is 2. The van der Waals surface area contributed by atoms with E-state index in [1.165, 1.54) is 24.8 Å². The fraction of sp³-hybridized carbons (Fsp3) is 0.727. The van der Waals surface area contributed by atoms with Gasteiger partial charge in [0.2, 0.25) is 0 Å². The molecule has 2 saturated carbocycles. The lowest BCUT2D eigenvalue weighted by Crippen LogP contribution is -2.29. The topological polar surface area (TPSA) is 37.3 Å². The molecule has 0 aromatic rings. The summed E-state index contributed by atoms with van der Waals surface area (Å²) >= 11 is 0. The fourth-order valence-electron chi connectivity index (χ4n) is 3.18. The number of rotatable bonds is 2. The third-order valence-electron chi connectivity index (χ3n) is 4.08. The maximum absolute atomic E-state index is 10.7. The fourth-order valence-corrected chi connectivity index (χ4v) is 3.18. The van der Waals surface area contributed by atoms with E-state index in [1.807, 2.05) is 0 Å². The van der Waals surface area contributed by atoms with Crippen LogP contribution in [0.25, 0.3) is 0 Å². The Kier molecular flexibility index (Phi) is 1.76. The van der Waals surface area contributed by atoms with Gasteiger partial charge in [0, 0.05) is 5.41 Å². The Morgan fingerprint density at radius 3 is 2.85 bits per heavy atom. The minimum absolute atomic E-state index is 0.102. The second-order valence-corrected chi connectivity index (χ2v) is 4.72. The van der Waals surface area contributed by atoms with Crippen LogP contribution >= 0.6 is 0 Å². The van der Waals surface area contributed by atoms with Gasteiger partial charge in [0.25, 0.3) is 0 Å². The molecule has 0 spiro atoms. The third-order valence-corrected chi connectivity index (χ3v) is 4.08. The standard InChI is InChI=1S/C11H16O2/c1-7-8-3-4-9(5-8)11(7,2)6-10(12)13/h8-9H,1,3-6H2,2H3,(H,12,13). The summed E-state index contributed by atoms with van der Waals surface area (Å²) in [6.07, 6.45) is 3.89. The van der Waals surface area contributed by atoms with E-state index < -0.39 is 5.97 Å². The van der Waals surface area contributed by atoms with Crippen molar-refractivity contribution in [3.05, 3.63) is 12.2 Å². The normalized spacial score (nSPS) is 42.7. The molecule has 2 aliphatic carbocycles. The van der Waals surface area contributed by atoms with Crippen molar-refractivity contribution in [2.45, 2.75) is 32.6 Å². The summed E-state index contributed by atoms with van der Waals surface area (Å²) in [4.78, 5) is 10.7. The van der Waals surface area contributed by atoms with Gasteiger partial charge in [-0.05, 0) is 31.1 Å². The van der Waals surface area contributed by atoms with E-state index in [0.717, 1.165) is 0 Å². The van der Waals surface area contributed by atoms with E-state index in [9.17, 15) is 4.79 Å². The first kappa shape index (κ1) is 8.79. The number of carboxylic acids is 1. The number of allylic oxidation sites excluding steroid dienone is 1. The van der Waals surface area contributed by atoms with Gasteiger partial charge in [0.1, 0.15) is 0 Å². The van der Waals surface area contributed by atoms with E-state index in [0.29, 0.717) is 11.8 Å². The summed E-state index contributed by atoms with van der Waals surface area (Å²) in [5.74, 6) is 0.520. The largest absolute Gasteiger partial charge is 0.481 e. The molecular weight excluding hydrogens is 164 g/mol. The van der Waals surface area contributed by atoms with Gasteiger partial charge in [-0.3, -0.25) is 4.79 Å². The molecule has 0 radical (unpaired) electrons. The molecule has 0 aromatic carbocycles. The van der Waals surface area contributed by atoms with Crippen molar-refractivity contribution in [3.63, 3.8) is 0 Å². The lowest BCUT2D eigenvalue weighted by molar-refractivity contribution is -0.139. The molecule has 3 atom stereocenters. The van der Waals surface area contributed by atoms with E-state index in [-0.39, 0.29) is 11.8 Å². The van der Waals surface area contributed by atoms with Crippen molar-refractivity contribution in [3.8, 4) is 0 Å². The second-order valence-electron chi connectivity index (χ2n) is 4.72. The highest BCUT2D eigenvalue weighted by molar-refractivity contribution is 5.68. The second kappa shape index (κ2) is 2.60. The van der Waals surface area contributed by atoms with Crippen molar-refractivity contribution in [2.24, 2.45) is 17.3 Å². The molecule has 2 fully saturated rings. The third kappa shape index (κ3) is 1.11. The Bertz CT molecular complexity index is 269. The summed E-state index contributed by atoms with van der Waals surface area (Å²) in [7, 11) is 0. The maximum Gasteiger partial charge on any atom is 0.304 e. The molecule has 0 heterocycles. The molecular formula is C11H16O2. The zero-order valence-corrected chi connectivity index (χ0v) is 8.05. The van der Waals surface area contributed by atoms with Crippen molar-refractivity contribution >= 4 is 5.97 Å². The van der Waals surface area contributed by atoms with Gasteiger partial charge in [-0.1, -0.05) is 19.1 Å². The van der Waals surface area contributed by atoms with E-state index in [2.05, 4.69) is 13.5 Å². The summed E-state index contributed by atoms with van der Waals surface area (Å²) in [5.41, 5.74) is 1.10. The Morgan fingerprint density at radius 1 is 1.69 bits per heavy atom. The van der Waals surface area contributed by atoms with Gasteiger partial charge in [0.15, 0.2) is 0 Å². The van der Waals surface area contributed by atoms with Gasteiger partial charge >= 0.3 is 5.97 Å². The Hall–Kier alpha value is -0.790. The minimum atomic E-state index is -0.684. The van der Waals surface area contributed by atoms with Gasteiger partial charge in [-0.2, -0.15) is 0 Å². The summed E-state index contributed by atoms with van der Waals surface area (Å²) < 4.78 is 0. The van der Waals surface area contributed by atoms with Crippen LogP contribution in [0, 0.1) is 17.3 Å². The molecule has 0 aromatic heterocycles. The SMILES string of the molecule is C=C1C2CCC(C2)C1(C)CC(=O)O. The number of hydrogen-bond acceptors (Lipinski definition) is 1. The molecule has 2 aliphatic rings. The molecule has 2 bridgehead atoms. The predicted octanol–water partition coefficient (Wildman–Crippen LogP) is 2.45. The first-order valence-corrected chi connectivity index (χ1v) is 4.95. The molecule has 0 aliphatic heterocycles. The van der Waals surface area contributed by atoms with E-state index in [1.54, 1.807) is 0 Å². The highest BCUT2D eigenvalue weighted by Crippen LogP contribution is 2.60. The summed E-state index contributed by atoms with van der Waals surface area (Å²) in [5, 5.41) is 8.84. The number of hydrogen-bond donors (Lipinski definition) is 1. The summed E-state index contributed by atoms with van der Waals surface area (Å²) in [6, 6.07) is 0. The van der Waals surface area contributed by atoms with Crippen LogP contribution in [0.3, 0.4) is 0 Å². The smallest absolute Gasteiger partial charge is 0.304 e.